The zero-order valence-corrected chi connectivity index (χ0v) is 26.4. The number of rotatable bonds is 8. The number of nitrogens with one attached hydrogen (secondary N) is 1. The van der Waals surface area contributed by atoms with Gasteiger partial charge in [0.1, 0.15) is 17.7 Å². The van der Waals surface area contributed by atoms with Gasteiger partial charge in [-0.1, -0.05) is 12.1 Å². The molecule has 1 spiro atoms. The second-order valence-corrected chi connectivity index (χ2v) is 14.1. The summed E-state index contributed by atoms with van der Waals surface area (Å²) in [6.07, 6.45) is 13.7. The molecule has 10 heteroatoms. The molecule has 4 saturated heterocycles. The molecule has 1 aromatic heterocycles. The predicted octanol–water partition coefficient (Wildman–Crippen LogP) is 3.15. The van der Waals surface area contributed by atoms with Crippen molar-refractivity contribution in [2.24, 2.45) is 28.5 Å². The molecule has 10 nitrogen and oxygen atoms in total. The monoisotopic (exact) mass is 614 g/mol. The van der Waals surface area contributed by atoms with Gasteiger partial charge in [-0.3, -0.25) is 0 Å². The number of aromatic nitrogens is 1. The van der Waals surface area contributed by atoms with Crippen LogP contribution < -0.4 is 32.2 Å². The molecule has 7 rings (SSSR count). The third kappa shape index (κ3) is 6.40. The van der Waals surface area contributed by atoms with Crippen molar-refractivity contribution < 1.29 is 9.84 Å². The maximum absolute atomic E-state index is 10.3. The fourth-order valence-corrected chi connectivity index (χ4v) is 8.65. The average molecular weight is 615 g/mol. The molecule has 242 valence electrons. The lowest BCUT2D eigenvalue weighted by Gasteiger charge is -2.52. The molecule has 1 saturated carbocycles. The molecule has 5 heterocycles. The number of hydrogen-bond donors (Lipinski definition) is 5. The van der Waals surface area contributed by atoms with Gasteiger partial charge >= 0.3 is 0 Å². The van der Waals surface area contributed by atoms with E-state index in [1.165, 1.54) is 64.1 Å². The van der Waals surface area contributed by atoms with Gasteiger partial charge in [-0.05, 0) is 113 Å². The van der Waals surface area contributed by atoms with Gasteiger partial charge in [-0.15, -0.1) is 0 Å². The second kappa shape index (κ2) is 12.6. The zero-order valence-electron chi connectivity index (χ0n) is 26.4. The van der Waals surface area contributed by atoms with Crippen LogP contribution in [0.5, 0.6) is 11.6 Å². The topological polar surface area (TPSA) is 142 Å². The van der Waals surface area contributed by atoms with E-state index in [-0.39, 0.29) is 17.7 Å². The molecule has 5 aliphatic rings. The smallest absolute Gasteiger partial charge is 0.215 e. The van der Waals surface area contributed by atoms with Gasteiger partial charge in [-0.25, -0.2) is 4.98 Å². The number of phenolic OH excluding ortho intramolecular Hbond substituents is 1. The summed E-state index contributed by atoms with van der Waals surface area (Å²) in [6, 6.07) is 11.9. The van der Waals surface area contributed by atoms with E-state index in [9.17, 15) is 5.11 Å². The van der Waals surface area contributed by atoms with Gasteiger partial charge in [0, 0.05) is 60.9 Å². The minimum atomic E-state index is 0.132. The summed E-state index contributed by atoms with van der Waals surface area (Å²) in [7, 11) is 0. The molecule has 0 amide bonds. The molecule has 0 radical (unpaired) electrons. The molecule has 2 aromatic rings. The van der Waals surface area contributed by atoms with Crippen molar-refractivity contribution in [1.29, 1.82) is 0 Å². The first kappa shape index (κ1) is 30.0. The summed E-state index contributed by atoms with van der Waals surface area (Å²) in [5.74, 6) is 1.97. The van der Waals surface area contributed by atoms with Crippen LogP contribution in [0.25, 0.3) is 5.70 Å². The van der Waals surface area contributed by atoms with Crippen molar-refractivity contribution in [1.82, 2.24) is 20.1 Å². The van der Waals surface area contributed by atoms with Gasteiger partial charge in [-0.2, -0.15) is 0 Å². The number of nitrogens with zero attached hydrogens (tertiary/aromatic N) is 4. The third-order valence-electron chi connectivity index (χ3n) is 11.1. The lowest BCUT2D eigenvalue weighted by molar-refractivity contribution is -0.0589. The third-order valence-corrected chi connectivity index (χ3v) is 11.1. The molecule has 8 N–H and O–H groups in total. The molecule has 2 atom stereocenters. The van der Waals surface area contributed by atoms with Crippen molar-refractivity contribution in [3.8, 4) is 11.6 Å². The Hall–Kier alpha value is -3.63. The maximum atomic E-state index is 10.3. The molecular weight excluding hydrogens is 564 g/mol. The van der Waals surface area contributed by atoms with Gasteiger partial charge in [0.15, 0.2) is 0 Å². The Balaban J connectivity index is 0.947. The van der Waals surface area contributed by atoms with E-state index in [2.05, 4.69) is 37.1 Å². The summed E-state index contributed by atoms with van der Waals surface area (Å²) in [4.78, 5) is 12.1. The number of piperidine rings is 2. The number of hydrogen-bond acceptors (Lipinski definition) is 10. The summed E-state index contributed by atoms with van der Waals surface area (Å²) in [5.41, 5.74) is 22.1. The van der Waals surface area contributed by atoms with Gasteiger partial charge in [0.25, 0.3) is 0 Å². The van der Waals surface area contributed by atoms with Crippen LogP contribution in [0.4, 0.5) is 5.69 Å². The van der Waals surface area contributed by atoms with E-state index < -0.39 is 0 Å². The zero-order chi connectivity index (χ0) is 31.0. The first-order valence-corrected chi connectivity index (χ1v) is 17.0. The number of pyridine rings is 1. The van der Waals surface area contributed by atoms with E-state index in [0.717, 1.165) is 50.6 Å². The number of fused-ring (bicyclic) bond motifs is 2. The maximum Gasteiger partial charge on any atom is 0.215 e. The molecule has 1 aromatic carbocycles. The highest BCUT2D eigenvalue weighted by molar-refractivity contribution is 5.70. The highest BCUT2D eigenvalue weighted by Gasteiger charge is 2.47. The van der Waals surface area contributed by atoms with Crippen LogP contribution in [0, 0.1) is 11.3 Å². The standard InChI is InChI=1S/C35H50N8O2/c36-30(29-3-1-2-4-32(29)44)18-31(34(37)38)42-22-26-5-6-27(23-42)43(26)25-9-14-40-33(17-25)45-28-19-35(20-28)10-15-41(16-11-35)21-24-7-12-39-13-8-24/h1-4,9,14,17-18,24,26-28,39,44H,5-8,10-13,15-16,19-23,36-38H2/b30-18-. The Morgan fingerprint density at radius 1 is 1.00 bits per heavy atom. The lowest BCUT2D eigenvalue weighted by atomic mass is 9.61. The quantitative estimate of drug-likeness (QED) is 0.282. The number of piperazine rings is 1. The first-order valence-electron chi connectivity index (χ1n) is 17.0. The van der Waals surface area contributed by atoms with Crippen molar-refractivity contribution >= 4 is 11.4 Å². The number of likely N-dealkylation sites (tertiary alicyclic amines) is 2. The van der Waals surface area contributed by atoms with Crippen LogP contribution in [-0.2, 0) is 0 Å². The SMILES string of the molecule is NC(N)=C(/C=C(\N)c1ccccc1O)N1CC2CCC(C1)N2c1ccnc(OC2CC3(CCN(CC4CCNCC4)CC3)C2)c1. The summed E-state index contributed by atoms with van der Waals surface area (Å²) < 4.78 is 6.48. The average Bonchev–Trinajstić information content (AvgIpc) is 3.29. The highest BCUT2D eigenvalue weighted by atomic mass is 16.5. The second-order valence-electron chi connectivity index (χ2n) is 14.1. The van der Waals surface area contributed by atoms with Gasteiger partial charge < -0.3 is 47.1 Å². The van der Waals surface area contributed by atoms with Crippen molar-refractivity contribution in [3.63, 3.8) is 0 Å². The van der Waals surface area contributed by atoms with Crippen LogP contribution in [0.2, 0.25) is 0 Å². The number of anilines is 1. The van der Waals surface area contributed by atoms with Crippen LogP contribution in [-0.4, -0.2) is 83.9 Å². The van der Waals surface area contributed by atoms with Gasteiger partial charge in [0.05, 0.1) is 5.70 Å². The Morgan fingerprint density at radius 2 is 1.71 bits per heavy atom. The van der Waals surface area contributed by atoms with Crippen molar-refractivity contribution in [2.75, 3.05) is 50.7 Å². The highest BCUT2D eigenvalue weighted by Crippen LogP contribution is 2.50. The molecular formula is C35H50N8O2. The van der Waals surface area contributed by atoms with E-state index in [1.807, 2.05) is 12.3 Å². The Morgan fingerprint density at radius 3 is 2.40 bits per heavy atom. The van der Waals surface area contributed by atoms with E-state index in [0.29, 0.717) is 34.5 Å². The van der Waals surface area contributed by atoms with Crippen molar-refractivity contribution in [3.05, 3.63) is 65.8 Å². The molecule has 5 fully saturated rings. The summed E-state index contributed by atoms with van der Waals surface area (Å²) in [6.45, 7) is 7.70. The Labute approximate surface area is 267 Å². The van der Waals surface area contributed by atoms with Gasteiger partial charge in [0.2, 0.25) is 5.88 Å². The molecule has 4 aliphatic heterocycles. The van der Waals surface area contributed by atoms with Crippen molar-refractivity contribution in [2.45, 2.75) is 69.6 Å². The number of nitrogens with two attached hydrogens (primary N) is 3. The number of benzene rings is 1. The largest absolute Gasteiger partial charge is 0.507 e. The number of aromatic hydroxyl groups is 1. The normalized spacial score (nSPS) is 25.7. The minimum absolute atomic E-state index is 0.132. The van der Waals surface area contributed by atoms with Crippen LogP contribution in [0.3, 0.4) is 0 Å². The van der Waals surface area contributed by atoms with E-state index in [1.54, 1.807) is 24.3 Å². The molecule has 45 heavy (non-hydrogen) atoms. The minimum Gasteiger partial charge on any atom is -0.507 e. The van der Waals surface area contributed by atoms with E-state index in [4.69, 9.17) is 21.9 Å². The number of ether oxygens (including phenoxy) is 1. The molecule has 2 bridgehead atoms. The number of phenols is 1. The fourth-order valence-electron chi connectivity index (χ4n) is 8.65. The van der Waals surface area contributed by atoms with Crippen LogP contribution in [0.1, 0.15) is 56.9 Å². The predicted molar refractivity (Wildman–Crippen MR) is 178 cm³/mol. The lowest BCUT2D eigenvalue weighted by Crippen LogP contribution is -2.54. The Kier molecular flexibility index (Phi) is 8.44. The fraction of sp³-hybridized carbons (Fsp3) is 0.571. The first-order chi connectivity index (χ1) is 21.9. The van der Waals surface area contributed by atoms with Crippen LogP contribution in [0.15, 0.2) is 60.2 Å². The number of para-hydroxylation sites is 1. The Bertz CT molecular complexity index is 1390. The van der Waals surface area contributed by atoms with Crippen LogP contribution >= 0.6 is 0 Å². The van der Waals surface area contributed by atoms with E-state index >= 15 is 0 Å². The summed E-state index contributed by atoms with van der Waals surface area (Å²) >= 11 is 0. The summed E-state index contributed by atoms with van der Waals surface area (Å²) in [5, 5.41) is 13.8. The molecule has 2 unspecified atom stereocenters. The number of allylic oxidation sites excluding steroid dienone is 1. The molecule has 1 aliphatic carbocycles.